The van der Waals surface area contributed by atoms with Crippen molar-refractivity contribution in [2.75, 3.05) is 6.61 Å². The van der Waals surface area contributed by atoms with Gasteiger partial charge in [-0.25, -0.2) is 0 Å². The number of nitrogens with zero attached hydrogens (tertiary/aromatic N) is 1. The Morgan fingerprint density at radius 1 is 1.32 bits per heavy atom. The second-order valence-corrected chi connectivity index (χ2v) is 4.27. The molecule has 1 aliphatic heterocycles. The lowest BCUT2D eigenvalue weighted by atomic mass is 9.98. The Kier molecular flexibility index (Phi) is 3.52. The highest BCUT2D eigenvalue weighted by atomic mass is 16.7. The lowest BCUT2D eigenvalue weighted by molar-refractivity contribution is -0.384. The molecular formula is C11H13NO7. The number of hydrogen-bond acceptors (Lipinski definition) is 7. The van der Waals surface area contributed by atoms with Crippen molar-refractivity contribution in [1.29, 1.82) is 0 Å². The number of hydrogen-bond donors (Lipinski definition) is 4. The maximum Gasteiger partial charge on any atom is 0.269 e. The first-order valence-corrected chi connectivity index (χ1v) is 5.52. The minimum atomic E-state index is -2.21. The van der Waals surface area contributed by atoms with Crippen LogP contribution in [0.4, 0.5) is 5.69 Å². The molecule has 1 aliphatic rings. The van der Waals surface area contributed by atoms with Gasteiger partial charge in [0.15, 0.2) is 0 Å². The zero-order valence-electron chi connectivity index (χ0n) is 9.71. The average molecular weight is 271 g/mol. The van der Waals surface area contributed by atoms with Gasteiger partial charge in [-0.05, 0) is 12.1 Å². The molecule has 19 heavy (non-hydrogen) atoms. The Labute approximate surface area is 107 Å². The third kappa shape index (κ3) is 2.20. The lowest BCUT2D eigenvalue weighted by Gasteiger charge is -2.26. The molecule has 1 aromatic carbocycles. The fourth-order valence-corrected chi connectivity index (χ4v) is 2.01. The molecule has 1 heterocycles. The van der Waals surface area contributed by atoms with Gasteiger partial charge < -0.3 is 25.2 Å². The molecule has 0 spiro atoms. The van der Waals surface area contributed by atoms with Crippen LogP contribution in [0.1, 0.15) is 5.56 Å². The van der Waals surface area contributed by atoms with Crippen LogP contribution in [-0.4, -0.2) is 50.3 Å². The molecule has 8 nitrogen and oxygen atoms in total. The second kappa shape index (κ2) is 4.83. The van der Waals surface area contributed by atoms with Crippen molar-refractivity contribution in [2.45, 2.75) is 24.1 Å². The predicted molar refractivity (Wildman–Crippen MR) is 61.0 cm³/mol. The van der Waals surface area contributed by atoms with Crippen molar-refractivity contribution < 1.29 is 30.1 Å². The van der Waals surface area contributed by atoms with Crippen molar-refractivity contribution in [3.63, 3.8) is 0 Å². The van der Waals surface area contributed by atoms with Crippen LogP contribution in [-0.2, 0) is 10.5 Å². The number of aliphatic hydroxyl groups excluding tert-OH is 3. The number of non-ortho nitro benzene ring substituents is 1. The normalized spacial score (nSPS) is 34.4. The van der Waals surface area contributed by atoms with Crippen LogP contribution >= 0.6 is 0 Å². The van der Waals surface area contributed by atoms with E-state index in [1.165, 1.54) is 12.1 Å². The third-order valence-electron chi connectivity index (χ3n) is 3.11. The van der Waals surface area contributed by atoms with E-state index in [-0.39, 0.29) is 11.3 Å². The first kappa shape index (κ1) is 13.8. The molecule has 0 aliphatic carbocycles. The quantitative estimate of drug-likeness (QED) is 0.403. The van der Waals surface area contributed by atoms with Crippen LogP contribution in [0.15, 0.2) is 24.3 Å². The van der Waals surface area contributed by atoms with Gasteiger partial charge in [-0.15, -0.1) is 0 Å². The fraction of sp³-hybridized carbons (Fsp3) is 0.455. The van der Waals surface area contributed by atoms with Gasteiger partial charge in [-0.3, -0.25) is 10.1 Å². The summed E-state index contributed by atoms with van der Waals surface area (Å²) in [5.74, 6) is -2.21. The summed E-state index contributed by atoms with van der Waals surface area (Å²) >= 11 is 0. The first-order chi connectivity index (χ1) is 8.90. The summed E-state index contributed by atoms with van der Waals surface area (Å²) in [6.45, 7) is -0.576. The number of ether oxygens (including phenoxy) is 1. The van der Waals surface area contributed by atoms with E-state index in [0.717, 1.165) is 12.1 Å². The largest absolute Gasteiger partial charge is 0.394 e. The van der Waals surface area contributed by atoms with Gasteiger partial charge in [0.25, 0.3) is 5.69 Å². The molecule has 0 radical (unpaired) electrons. The van der Waals surface area contributed by atoms with E-state index in [1.54, 1.807) is 0 Å². The van der Waals surface area contributed by atoms with Gasteiger partial charge in [0.1, 0.15) is 18.3 Å². The Morgan fingerprint density at radius 3 is 2.32 bits per heavy atom. The van der Waals surface area contributed by atoms with Gasteiger partial charge in [0.05, 0.1) is 11.5 Å². The Hall–Kier alpha value is -1.58. The van der Waals surface area contributed by atoms with E-state index in [1.807, 2.05) is 0 Å². The number of aliphatic hydroxyl groups is 4. The molecule has 0 saturated carbocycles. The van der Waals surface area contributed by atoms with Crippen molar-refractivity contribution in [3.8, 4) is 0 Å². The molecular weight excluding hydrogens is 258 g/mol. The predicted octanol–water partition coefficient (Wildman–Crippen LogP) is -1.15. The molecule has 1 saturated heterocycles. The molecule has 1 unspecified atom stereocenters. The summed E-state index contributed by atoms with van der Waals surface area (Å²) in [4.78, 5) is 9.91. The van der Waals surface area contributed by atoms with E-state index < -0.39 is 35.6 Å². The highest BCUT2D eigenvalue weighted by molar-refractivity contribution is 5.35. The number of benzene rings is 1. The van der Waals surface area contributed by atoms with Gasteiger partial charge in [0.2, 0.25) is 5.79 Å². The maximum atomic E-state index is 10.5. The van der Waals surface area contributed by atoms with Crippen LogP contribution in [0.2, 0.25) is 0 Å². The molecule has 0 aromatic heterocycles. The van der Waals surface area contributed by atoms with Crippen LogP contribution in [0, 0.1) is 10.1 Å². The molecule has 0 amide bonds. The molecule has 0 bridgehead atoms. The third-order valence-corrected chi connectivity index (χ3v) is 3.11. The van der Waals surface area contributed by atoms with Crippen molar-refractivity contribution in [1.82, 2.24) is 0 Å². The fourth-order valence-electron chi connectivity index (χ4n) is 2.01. The zero-order valence-corrected chi connectivity index (χ0v) is 9.71. The molecule has 104 valence electrons. The molecule has 4 N–H and O–H groups in total. The highest BCUT2D eigenvalue weighted by Gasteiger charge is 2.54. The number of rotatable bonds is 3. The minimum Gasteiger partial charge on any atom is -0.394 e. The SMILES string of the molecule is O=[N+]([O-])c1ccc(C2(O)O[C@H](CO)[C@@H](O)[C@@H]2O)cc1. The van der Waals surface area contributed by atoms with Crippen molar-refractivity contribution in [3.05, 3.63) is 39.9 Å². The molecule has 4 atom stereocenters. The van der Waals surface area contributed by atoms with Gasteiger partial charge in [0, 0.05) is 17.7 Å². The number of nitro groups is 1. The standard InChI is InChI=1S/C11H13NO7/c13-5-8-9(14)10(15)11(16,19-8)6-1-3-7(4-2-6)12(17)18/h1-4,8-10,13-16H,5H2/t8-,9-,10+,11?/m1/s1. The van der Waals surface area contributed by atoms with E-state index in [4.69, 9.17) is 9.84 Å². The summed E-state index contributed by atoms with van der Waals surface area (Å²) < 4.78 is 5.04. The molecule has 1 fully saturated rings. The highest BCUT2D eigenvalue weighted by Crippen LogP contribution is 2.37. The zero-order chi connectivity index (χ0) is 14.2. The van der Waals surface area contributed by atoms with E-state index in [2.05, 4.69) is 0 Å². The van der Waals surface area contributed by atoms with Crippen LogP contribution in [0.3, 0.4) is 0 Å². The Bertz CT molecular complexity index is 476. The van der Waals surface area contributed by atoms with E-state index in [0.29, 0.717) is 0 Å². The monoisotopic (exact) mass is 271 g/mol. The Morgan fingerprint density at radius 2 is 1.89 bits per heavy atom. The molecule has 8 heteroatoms. The van der Waals surface area contributed by atoms with Crippen molar-refractivity contribution >= 4 is 5.69 Å². The van der Waals surface area contributed by atoms with E-state index >= 15 is 0 Å². The van der Waals surface area contributed by atoms with Gasteiger partial charge >= 0.3 is 0 Å². The summed E-state index contributed by atoms with van der Waals surface area (Å²) in [6, 6.07) is 4.71. The summed E-state index contributed by atoms with van der Waals surface area (Å²) in [5, 5.41) is 49.1. The first-order valence-electron chi connectivity index (χ1n) is 5.52. The van der Waals surface area contributed by atoms with Crippen LogP contribution in [0.25, 0.3) is 0 Å². The maximum absolute atomic E-state index is 10.5. The topological polar surface area (TPSA) is 133 Å². The Balaban J connectivity index is 2.32. The minimum absolute atomic E-state index is 0.0561. The summed E-state index contributed by atoms with van der Waals surface area (Å²) in [5.41, 5.74) is -0.125. The second-order valence-electron chi connectivity index (χ2n) is 4.27. The van der Waals surface area contributed by atoms with Crippen LogP contribution < -0.4 is 0 Å². The summed E-state index contributed by atoms with van der Waals surface area (Å²) in [7, 11) is 0. The summed E-state index contributed by atoms with van der Waals surface area (Å²) in [6.07, 6.45) is -4.24. The van der Waals surface area contributed by atoms with Gasteiger partial charge in [-0.1, -0.05) is 0 Å². The van der Waals surface area contributed by atoms with Crippen molar-refractivity contribution in [2.24, 2.45) is 0 Å². The lowest BCUT2D eigenvalue weighted by Crippen LogP contribution is -2.40. The van der Waals surface area contributed by atoms with E-state index in [9.17, 15) is 25.4 Å². The average Bonchev–Trinajstić information content (AvgIpc) is 2.64. The van der Waals surface area contributed by atoms with Crippen LogP contribution in [0.5, 0.6) is 0 Å². The van der Waals surface area contributed by atoms with Gasteiger partial charge in [-0.2, -0.15) is 0 Å². The smallest absolute Gasteiger partial charge is 0.269 e. The molecule has 2 rings (SSSR count). The molecule has 1 aromatic rings. The number of nitro benzene ring substituents is 1.